The molecule has 0 radical (unpaired) electrons. The summed E-state index contributed by atoms with van der Waals surface area (Å²) in [6.45, 7) is -0.0596. The van der Waals surface area contributed by atoms with Crippen LogP contribution in [0.3, 0.4) is 0 Å². The van der Waals surface area contributed by atoms with Crippen LogP contribution in [0.1, 0.15) is 11.7 Å². The number of nitrogens with two attached hydrogens (primary N) is 2. The zero-order valence-electron chi connectivity index (χ0n) is 6.00. The lowest BCUT2D eigenvalue weighted by Crippen LogP contribution is -2.10. The molecule has 0 amide bonds. The Balaban J connectivity index is 2.93. The second-order valence-electron chi connectivity index (χ2n) is 2.18. The molecule has 60 valence electrons. The molecule has 1 aromatic heterocycles. The van der Waals surface area contributed by atoms with Crippen molar-refractivity contribution >= 4 is 5.82 Å². The van der Waals surface area contributed by atoms with Gasteiger partial charge in [-0.05, 0) is 6.07 Å². The number of hydrogen-bond acceptors (Lipinski definition) is 3. The summed E-state index contributed by atoms with van der Waals surface area (Å²) in [5.41, 5.74) is 10.9. The second-order valence-corrected chi connectivity index (χ2v) is 2.18. The molecular weight excluding hydrogens is 145 g/mol. The molecular formula is C7H10FN3. The quantitative estimate of drug-likeness (QED) is 0.658. The van der Waals surface area contributed by atoms with E-state index in [4.69, 9.17) is 11.5 Å². The SMILES string of the molecule is NCC(F)c1cccnc1N. The minimum Gasteiger partial charge on any atom is -0.383 e. The van der Waals surface area contributed by atoms with Crippen molar-refractivity contribution in [2.24, 2.45) is 5.73 Å². The molecule has 0 bridgehead atoms. The van der Waals surface area contributed by atoms with Crippen molar-refractivity contribution < 1.29 is 4.39 Å². The van der Waals surface area contributed by atoms with Crippen molar-refractivity contribution in [2.45, 2.75) is 6.17 Å². The maximum Gasteiger partial charge on any atom is 0.141 e. The maximum absolute atomic E-state index is 12.9. The Morgan fingerprint density at radius 2 is 2.36 bits per heavy atom. The number of nitrogen functional groups attached to an aromatic ring is 1. The van der Waals surface area contributed by atoms with Gasteiger partial charge in [-0.3, -0.25) is 0 Å². The Labute approximate surface area is 64.2 Å². The van der Waals surface area contributed by atoms with E-state index in [9.17, 15) is 4.39 Å². The smallest absolute Gasteiger partial charge is 0.141 e. The molecule has 11 heavy (non-hydrogen) atoms. The molecule has 0 aromatic carbocycles. The zero-order valence-corrected chi connectivity index (χ0v) is 6.00. The summed E-state index contributed by atoms with van der Waals surface area (Å²) in [5.74, 6) is 0.213. The van der Waals surface area contributed by atoms with Gasteiger partial charge in [0.05, 0.1) is 0 Å². The zero-order chi connectivity index (χ0) is 8.27. The maximum atomic E-state index is 12.9. The third-order valence-corrected chi connectivity index (χ3v) is 1.42. The van der Waals surface area contributed by atoms with Gasteiger partial charge in [0.2, 0.25) is 0 Å². The fourth-order valence-electron chi connectivity index (χ4n) is 0.822. The monoisotopic (exact) mass is 155 g/mol. The predicted molar refractivity (Wildman–Crippen MR) is 41.6 cm³/mol. The van der Waals surface area contributed by atoms with E-state index in [1.807, 2.05) is 0 Å². The van der Waals surface area contributed by atoms with Crippen molar-refractivity contribution in [2.75, 3.05) is 12.3 Å². The van der Waals surface area contributed by atoms with E-state index in [2.05, 4.69) is 4.98 Å². The van der Waals surface area contributed by atoms with Crippen molar-refractivity contribution in [1.29, 1.82) is 0 Å². The highest BCUT2D eigenvalue weighted by Crippen LogP contribution is 2.19. The molecule has 1 unspecified atom stereocenters. The van der Waals surface area contributed by atoms with Crippen LogP contribution in [0, 0.1) is 0 Å². The van der Waals surface area contributed by atoms with Crippen molar-refractivity contribution in [3.8, 4) is 0 Å². The summed E-state index contributed by atoms with van der Waals surface area (Å²) < 4.78 is 12.9. The average molecular weight is 155 g/mol. The highest BCUT2D eigenvalue weighted by molar-refractivity contribution is 5.40. The van der Waals surface area contributed by atoms with Gasteiger partial charge in [0.25, 0.3) is 0 Å². The van der Waals surface area contributed by atoms with E-state index in [0.29, 0.717) is 5.56 Å². The van der Waals surface area contributed by atoms with Crippen LogP contribution in [0.5, 0.6) is 0 Å². The molecule has 4 heteroatoms. The summed E-state index contributed by atoms with van der Waals surface area (Å²) in [5, 5.41) is 0. The summed E-state index contributed by atoms with van der Waals surface area (Å²) in [6.07, 6.45) is 0.311. The molecule has 0 aliphatic rings. The Hall–Kier alpha value is -1.16. The first-order chi connectivity index (χ1) is 5.25. The van der Waals surface area contributed by atoms with Gasteiger partial charge in [-0.25, -0.2) is 9.37 Å². The third-order valence-electron chi connectivity index (χ3n) is 1.42. The Morgan fingerprint density at radius 1 is 1.64 bits per heavy atom. The highest BCUT2D eigenvalue weighted by atomic mass is 19.1. The Morgan fingerprint density at radius 3 is 2.91 bits per heavy atom. The third kappa shape index (κ3) is 1.65. The molecule has 0 aliphatic heterocycles. The molecule has 4 N–H and O–H groups in total. The molecule has 0 saturated heterocycles. The normalized spacial score (nSPS) is 12.9. The van der Waals surface area contributed by atoms with Gasteiger partial charge in [0.1, 0.15) is 12.0 Å². The molecule has 3 nitrogen and oxygen atoms in total. The Bertz CT molecular complexity index is 239. The minimum absolute atomic E-state index is 0.0596. The topological polar surface area (TPSA) is 64.9 Å². The van der Waals surface area contributed by atoms with Crippen LogP contribution in [0.15, 0.2) is 18.3 Å². The number of rotatable bonds is 2. The van der Waals surface area contributed by atoms with E-state index in [0.717, 1.165) is 0 Å². The van der Waals surface area contributed by atoms with Crippen LogP contribution in [0.2, 0.25) is 0 Å². The van der Waals surface area contributed by atoms with Crippen molar-refractivity contribution in [3.63, 3.8) is 0 Å². The first kappa shape index (κ1) is 7.94. The number of halogens is 1. The van der Waals surface area contributed by atoms with Crippen LogP contribution in [-0.2, 0) is 0 Å². The van der Waals surface area contributed by atoms with Crippen molar-refractivity contribution in [3.05, 3.63) is 23.9 Å². The first-order valence-corrected chi connectivity index (χ1v) is 3.30. The summed E-state index contributed by atoms with van der Waals surface area (Å²) in [6, 6.07) is 3.22. The fraction of sp³-hybridized carbons (Fsp3) is 0.286. The number of anilines is 1. The van der Waals surface area contributed by atoms with Crippen molar-refractivity contribution in [1.82, 2.24) is 4.98 Å². The van der Waals surface area contributed by atoms with Gasteiger partial charge < -0.3 is 11.5 Å². The lowest BCUT2D eigenvalue weighted by Gasteiger charge is -2.06. The number of hydrogen-bond donors (Lipinski definition) is 2. The van der Waals surface area contributed by atoms with E-state index >= 15 is 0 Å². The molecule has 0 aliphatic carbocycles. The molecule has 1 aromatic rings. The number of alkyl halides is 1. The molecule has 1 atom stereocenters. The molecule has 1 heterocycles. The number of nitrogens with zero attached hydrogens (tertiary/aromatic N) is 1. The van der Waals surface area contributed by atoms with Gasteiger partial charge in [0.15, 0.2) is 0 Å². The first-order valence-electron chi connectivity index (χ1n) is 3.30. The van der Waals surface area contributed by atoms with Crippen LogP contribution < -0.4 is 11.5 Å². The van der Waals surface area contributed by atoms with Gasteiger partial charge in [-0.2, -0.15) is 0 Å². The lowest BCUT2D eigenvalue weighted by molar-refractivity contribution is 0.353. The number of pyridine rings is 1. The van der Waals surface area contributed by atoms with Gasteiger partial charge in [-0.1, -0.05) is 6.07 Å². The van der Waals surface area contributed by atoms with Crippen LogP contribution in [0.4, 0.5) is 10.2 Å². The van der Waals surface area contributed by atoms with Crippen LogP contribution >= 0.6 is 0 Å². The summed E-state index contributed by atoms with van der Waals surface area (Å²) in [4.78, 5) is 3.73. The fourth-order valence-corrected chi connectivity index (χ4v) is 0.822. The molecule has 0 fully saturated rings. The van der Waals surface area contributed by atoms with E-state index in [1.165, 1.54) is 6.20 Å². The second kappa shape index (κ2) is 3.30. The van der Waals surface area contributed by atoms with Gasteiger partial charge >= 0.3 is 0 Å². The van der Waals surface area contributed by atoms with E-state index < -0.39 is 6.17 Å². The van der Waals surface area contributed by atoms with Crippen LogP contribution in [-0.4, -0.2) is 11.5 Å². The van der Waals surface area contributed by atoms with Gasteiger partial charge in [0, 0.05) is 18.3 Å². The van der Waals surface area contributed by atoms with E-state index in [1.54, 1.807) is 12.1 Å². The summed E-state index contributed by atoms with van der Waals surface area (Å²) in [7, 11) is 0. The van der Waals surface area contributed by atoms with E-state index in [-0.39, 0.29) is 12.4 Å². The Kier molecular flexibility index (Phi) is 2.38. The predicted octanol–water partition coefficient (Wildman–Crippen LogP) is 0.633. The minimum atomic E-state index is -1.20. The van der Waals surface area contributed by atoms with Crippen LogP contribution in [0.25, 0.3) is 0 Å². The lowest BCUT2D eigenvalue weighted by atomic mass is 10.1. The molecule has 0 saturated carbocycles. The number of aromatic nitrogens is 1. The highest BCUT2D eigenvalue weighted by Gasteiger charge is 2.10. The largest absolute Gasteiger partial charge is 0.383 e. The van der Waals surface area contributed by atoms with Gasteiger partial charge in [-0.15, -0.1) is 0 Å². The summed E-state index contributed by atoms with van der Waals surface area (Å²) >= 11 is 0. The molecule has 1 rings (SSSR count). The standard InChI is InChI=1S/C7H10FN3/c8-6(4-9)5-2-1-3-11-7(5)10/h1-3,6H,4,9H2,(H2,10,11). The average Bonchev–Trinajstić information content (AvgIpc) is 2.04. The molecule has 0 spiro atoms.